The van der Waals surface area contributed by atoms with Gasteiger partial charge >= 0.3 is 0 Å². The van der Waals surface area contributed by atoms with Crippen LogP contribution in [0.2, 0.25) is 10.0 Å². The molecule has 0 atom stereocenters. The molecule has 0 bridgehead atoms. The van der Waals surface area contributed by atoms with Gasteiger partial charge in [-0.05, 0) is 63.6 Å². The van der Waals surface area contributed by atoms with Crippen LogP contribution in [-0.4, -0.2) is 25.9 Å². The summed E-state index contributed by atoms with van der Waals surface area (Å²) in [5.41, 5.74) is 1.25. The van der Waals surface area contributed by atoms with Crippen molar-refractivity contribution in [3.63, 3.8) is 0 Å². The second kappa shape index (κ2) is 12.2. The molecule has 0 aliphatic rings. The molecule has 0 aromatic heterocycles. The zero-order valence-electron chi connectivity index (χ0n) is 17.1. The SMILES string of the molecule is CCOc1cc(CNCCCOC(C)C)cc(Cl)c1OCc1c(F)cccc1Cl. The molecule has 0 aliphatic heterocycles. The number of halogens is 3. The Morgan fingerprint density at radius 3 is 2.59 bits per heavy atom. The fourth-order valence-corrected chi connectivity index (χ4v) is 3.20. The standard InChI is InChI=1S/C22H28Cl2FNO3/c1-4-27-21-12-16(13-26-9-6-10-28-15(2)3)11-19(24)22(21)29-14-17-18(23)7-5-8-20(17)25/h5,7-8,11-12,15,26H,4,6,9-10,13-14H2,1-3H3. The fraction of sp³-hybridized carbons (Fsp3) is 0.455. The Kier molecular flexibility index (Phi) is 10.0. The van der Waals surface area contributed by atoms with E-state index in [0.29, 0.717) is 34.7 Å². The summed E-state index contributed by atoms with van der Waals surface area (Å²) in [6.07, 6.45) is 1.17. The lowest BCUT2D eigenvalue weighted by Crippen LogP contribution is -2.17. The second-order valence-corrected chi connectivity index (χ2v) is 7.59. The number of rotatable bonds is 12. The van der Waals surface area contributed by atoms with Gasteiger partial charge in [0.25, 0.3) is 0 Å². The summed E-state index contributed by atoms with van der Waals surface area (Å²) in [5, 5.41) is 4.07. The largest absolute Gasteiger partial charge is 0.490 e. The summed E-state index contributed by atoms with van der Waals surface area (Å²) in [7, 11) is 0. The lowest BCUT2D eigenvalue weighted by molar-refractivity contribution is 0.0770. The van der Waals surface area contributed by atoms with Gasteiger partial charge < -0.3 is 19.5 Å². The van der Waals surface area contributed by atoms with E-state index in [1.165, 1.54) is 6.07 Å². The summed E-state index contributed by atoms with van der Waals surface area (Å²) >= 11 is 12.5. The molecule has 160 valence electrons. The first kappa shape index (κ1) is 23.7. The molecule has 0 amide bonds. The van der Waals surface area contributed by atoms with E-state index in [4.69, 9.17) is 37.4 Å². The third kappa shape index (κ3) is 7.67. The molecule has 0 fully saturated rings. The molecule has 7 heteroatoms. The van der Waals surface area contributed by atoms with Crippen molar-refractivity contribution in [2.75, 3.05) is 19.8 Å². The molecule has 0 aliphatic carbocycles. The average Bonchev–Trinajstić information content (AvgIpc) is 2.66. The molecule has 2 aromatic carbocycles. The van der Waals surface area contributed by atoms with Crippen LogP contribution in [0.4, 0.5) is 4.39 Å². The van der Waals surface area contributed by atoms with Crippen LogP contribution in [0.3, 0.4) is 0 Å². The van der Waals surface area contributed by atoms with E-state index in [1.807, 2.05) is 32.9 Å². The van der Waals surface area contributed by atoms with E-state index < -0.39 is 5.82 Å². The van der Waals surface area contributed by atoms with Crippen LogP contribution in [0.1, 0.15) is 38.3 Å². The van der Waals surface area contributed by atoms with E-state index in [2.05, 4.69) is 5.32 Å². The highest BCUT2D eigenvalue weighted by Crippen LogP contribution is 2.37. The van der Waals surface area contributed by atoms with Crippen molar-refractivity contribution in [2.45, 2.75) is 46.4 Å². The maximum Gasteiger partial charge on any atom is 0.180 e. The van der Waals surface area contributed by atoms with E-state index in [-0.39, 0.29) is 18.3 Å². The van der Waals surface area contributed by atoms with Gasteiger partial charge in [-0.1, -0.05) is 29.3 Å². The van der Waals surface area contributed by atoms with E-state index in [1.54, 1.807) is 12.1 Å². The number of hydrogen-bond donors (Lipinski definition) is 1. The molecular formula is C22H28Cl2FNO3. The summed E-state index contributed by atoms with van der Waals surface area (Å²) in [5.74, 6) is 0.475. The fourth-order valence-electron chi connectivity index (χ4n) is 2.69. The summed E-state index contributed by atoms with van der Waals surface area (Å²) in [6.45, 7) is 8.53. The first-order valence-corrected chi connectivity index (χ1v) is 10.5. The first-order chi connectivity index (χ1) is 13.9. The molecule has 0 heterocycles. The zero-order chi connectivity index (χ0) is 21.2. The lowest BCUT2D eigenvalue weighted by Gasteiger charge is -2.16. The minimum atomic E-state index is -0.422. The van der Waals surface area contributed by atoms with Gasteiger partial charge in [0.2, 0.25) is 0 Å². The molecule has 29 heavy (non-hydrogen) atoms. The van der Waals surface area contributed by atoms with Gasteiger partial charge in [0.1, 0.15) is 12.4 Å². The Morgan fingerprint density at radius 2 is 1.90 bits per heavy atom. The molecule has 0 saturated heterocycles. The summed E-state index contributed by atoms with van der Waals surface area (Å²) in [6, 6.07) is 8.22. The first-order valence-electron chi connectivity index (χ1n) is 9.75. The Hall–Kier alpha value is -1.53. The highest BCUT2D eigenvalue weighted by Gasteiger charge is 2.15. The maximum absolute atomic E-state index is 14.0. The van der Waals surface area contributed by atoms with E-state index in [0.717, 1.165) is 25.1 Å². The minimum absolute atomic E-state index is 0.0429. The molecule has 2 aromatic rings. The lowest BCUT2D eigenvalue weighted by atomic mass is 10.2. The summed E-state index contributed by atoms with van der Waals surface area (Å²) in [4.78, 5) is 0. The smallest absolute Gasteiger partial charge is 0.180 e. The van der Waals surface area contributed by atoms with Crippen LogP contribution in [0.25, 0.3) is 0 Å². The Bertz CT molecular complexity index is 767. The van der Waals surface area contributed by atoms with Crippen LogP contribution >= 0.6 is 23.2 Å². The number of ether oxygens (including phenoxy) is 3. The van der Waals surface area contributed by atoms with Gasteiger partial charge in [0, 0.05) is 18.7 Å². The quantitative estimate of drug-likeness (QED) is 0.407. The van der Waals surface area contributed by atoms with E-state index in [9.17, 15) is 4.39 Å². The Balaban J connectivity index is 2.01. The van der Waals surface area contributed by atoms with Crippen LogP contribution in [0, 0.1) is 5.82 Å². The third-order valence-corrected chi connectivity index (χ3v) is 4.70. The zero-order valence-corrected chi connectivity index (χ0v) is 18.6. The molecule has 0 saturated carbocycles. The van der Waals surface area contributed by atoms with Crippen molar-refractivity contribution in [3.05, 3.63) is 57.3 Å². The predicted octanol–water partition coefficient (Wildman–Crippen LogP) is 6.01. The molecule has 0 unspecified atom stereocenters. The van der Waals surface area contributed by atoms with Crippen LogP contribution < -0.4 is 14.8 Å². The number of nitrogens with one attached hydrogen (secondary N) is 1. The van der Waals surface area contributed by atoms with Gasteiger partial charge in [-0.3, -0.25) is 0 Å². The van der Waals surface area contributed by atoms with Crippen molar-refractivity contribution in [1.29, 1.82) is 0 Å². The van der Waals surface area contributed by atoms with Gasteiger partial charge in [0.15, 0.2) is 11.5 Å². The molecule has 0 radical (unpaired) electrons. The number of benzene rings is 2. The highest BCUT2D eigenvalue weighted by atomic mass is 35.5. The van der Waals surface area contributed by atoms with Crippen molar-refractivity contribution in [1.82, 2.24) is 5.32 Å². The molecule has 4 nitrogen and oxygen atoms in total. The summed E-state index contributed by atoms with van der Waals surface area (Å²) < 4.78 is 31.0. The van der Waals surface area contributed by atoms with Crippen molar-refractivity contribution in [3.8, 4) is 11.5 Å². The Morgan fingerprint density at radius 1 is 1.10 bits per heavy atom. The molecular weight excluding hydrogens is 416 g/mol. The van der Waals surface area contributed by atoms with Crippen LogP contribution in [0.15, 0.2) is 30.3 Å². The van der Waals surface area contributed by atoms with Crippen molar-refractivity contribution < 1.29 is 18.6 Å². The minimum Gasteiger partial charge on any atom is -0.490 e. The monoisotopic (exact) mass is 443 g/mol. The second-order valence-electron chi connectivity index (χ2n) is 6.78. The molecule has 1 N–H and O–H groups in total. The third-order valence-electron chi connectivity index (χ3n) is 4.07. The normalized spacial score (nSPS) is 11.1. The van der Waals surface area contributed by atoms with Crippen molar-refractivity contribution >= 4 is 23.2 Å². The van der Waals surface area contributed by atoms with Gasteiger partial charge in [0.05, 0.1) is 22.8 Å². The maximum atomic E-state index is 14.0. The predicted molar refractivity (Wildman–Crippen MR) is 116 cm³/mol. The van der Waals surface area contributed by atoms with Crippen molar-refractivity contribution in [2.24, 2.45) is 0 Å². The molecule has 2 rings (SSSR count). The van der Waals surface area contributed by atoms with Crippen LogP contribution in [0.5, 0.6) is 11.5 Å². The van der Waals surface area contributed by atoms with E-state index >= 15 is 0 Å². The molecule has 0 spiro atoms. The van der Waals surface area contributed by atoms with Gasteiger partial charge in [-0.25, -0.2) is 4.39 Å². The Labute approximate surface area is 182 Å². The highest BCUT2D eigenvalue weighted by molar-refractivity contribution is 6.32. The van der Waals surface area contributed by atoms with Gasteiger partial charge in [-0.2, -0.15) is 0 Å². The number of hydrogen-bond acceptors (Lipinski definition) is 4. The topological polar surface area (TPSA) is 39.7 Å². The van der Waals surface area contributed by atoms with Gasteiger partial charge in [-0.15, -0.1) is 0 Å². The van der Waals surface area contributed by atoms with Crippen LogP contribution in [-0.2, 0) is 17.9 Å². The average molecular weight is 444 g/mol.